The summed E-state index contributed by atoms with van der Waals surface area (Å²) in [5.74, 6) is 0.722. The van der Waals surface area contributed by atoms with Crippen LogP contribution in [0.15, 0.2) is 30.3 Å². The van der Waals surface area contributed by atoms with Crippen LogP contribution in [0.2, 0.25) is 0 Å². The first kappa shape index (κ1) is 13.8. The molecule has 2 nitrogen and oxygen atoms in total. The molecule has 0 amide bonds. The van der Waals surface area contributed by atoms with Crippen LogP contribution in [0.4, 0.5) is 0 Å². The molecule has 2 atom stereocenters. The zero-order valence-electron chi connectivity index (χ0n) is 12.3. The molecule has 0 spiro atoms. The van der Waals surface area contributed by atoms with Gasteiger partial charge in [0.1, 0.15) is 5.78 Å². The third-order valence-corrected chi connectivity index (χ3v) is 4.91. The number of piperidine rings is 1. The van der Waals surface area contributed by atoms with Gasteiger partial charge in [-0.25, -0.2) is 0 Å². The average Bonchev–Trinajstić information content (AvgIpc) is 2.52. The molecule has 1 aromatic carbocycles. The summed E-state index contributed by atoms with van der Waals surface area (Å²) in [6.45, 7) is 2.31. The molecule has 1 saturated carbocycles. The molecule has 2 unspecified atom stereocenters. The molecule has 108 valence electrons. The fraction of sp³-hybridized carbons (Fsp3) is 0.611. The summed E-state index contributed by atoms with van der Waals surface area (Å²) in [6, 6.07) is 11.0. The largest absolute Gasteiger partial charge is 0.299 e. The van der Waals surface area contributed by atoms with Crippen LogP contribution < -0.4 is 0 Å². The van der Waals surface area contributed by atoms with Crippen LogP contribution in [-0.4, -0.2) is 23.8 Å². The first-order valence-electron chi connectivity index (χ1n) is 8.18. The van der Waals surface area contributed by atoms with Gasteiger partial charge in [0.25, 0.3) is 0 Å². The fourth-order valence-electron chi connectivity index (χ4n) is 3.89. The summed E-state index contributed by atoms with van der Waals surface area (Å²) in [4.78, 5) is 15.0. The first-order valence-corrected chi connectivity index (χ1v) is 8.18. The van der Waals surface area contributed by atoms with Crippen molar-refractivity contribution in [1.82, 2.24) is 4.90 Å². The van der Waals surface area contributed by atoms with E-state index in [1.807, 2.05) is 0 Å². The minimum absolute atomic E-state index is 0.226. The Kier molecular flexibility index (Phi) is 4.51. The molecular formula is C18H25NO. The molecule has 0 aromatic heterocycles. The molecule has 2 fully saturated rings. The van der Waals surface area contributed by atoms with E-state index in [-0.39, 0.29) is 5.92 Å². The number of nitrogens with zero attached hydrogens (tertiary/aromatic N) is 1. The summed E-state index contributed by atoms with van der Waals surface area (Å²) < 4.78 is 0. The Bertz CT molecular complexity index is 436. The van der Waals surface area contributed by atoms with E-state index < -0.39 is 0 Å². The lowest BCUT2D eigenvalue weighted by atomic mass is 9.79. The summed E-state index contributed by atoms with van der Waals surface area (Å²) in [7, 11) is 0. The summed E-state index contributed by atoms with van der Waals surface area (Å²) in [6.07, 6.45) is 8.09. The van der Waals surface area contributed by atoms with Crippen molar-refractivity contribution in [3.05, 3.63) is 35.9 Å². The molecular weight excluding hydrogens is 246 g/mol. The maximum absolute atomic E-state index is 12.4. The molecule has 3 rings (SSSR count). The summed E-state index contributed by atoms with van der Waals surface area (Å²) in [5.41, 5.74) is 1.34. The number of benzene rings is 1. The highest BCUT2D eigenvalue weighted by Gasteiger charge is 2.35. The SMILES string of the molecule is O=C1CCCCC1C(c1ccccc1)N1CCCCC1. The van der Waals surface area contributed by atoms with Gasteiger partial charge in [-0.1, -0.05) is 43.2 Å². The van der Waals surface area contributed by atoms with Crippen molar-refractivity contribution in [1.29, 1.82) is 0 Å². The summed E-state index contributed by atoms with van der Waals surface area (Å²) >= 11 is 0. The standard InChI is InChI=1S/C18H25NO/c20-17-12-6-5-11-16(17)18(15-9-3-1-4-10-15)19-13-7-2-8-14-19/h1,3-4,9-10,16,18H,2,5-8,11-14H2. The fourth-order valence-corrected chi connectivity index (χ4v) is 3.89. The monoisotopic (exact) mass is 271 g/mol. The third-order valence-electron chi connectivity index (χ3n) is 4.91. The van der Waals surface area contributed by atoms with Gasteiger partial charge in [-0.2, -0.15) is 0 Å². The van der Waals surface area contributed by atoms with E-state index in [0.29, 0.717) is 11.8 Å². The van der Waals surface area contributed by atoms with Crippen LogP contribution >= 0.6 is 0 Å². The number of likely N-dealkylation sites (tertiary alicyclic amines) is 1. The van der Waals surface area contributed by atoms with Crippen LogP contribution in [0, 0.1) is 5.92 Å². The Hall–Kier alpha value is -1.15. The normalized spacial score (nSPS) is 26.4. The zero-order valence-corrected chi connectivity index (χ0v) is 12.3. The van der Waals surface area contributed by atoms with E-state index >= 15 is 0 Å². The molecule has 1 heterocycles. The number of Topliss-reactive ketones (excluding diaryl/α,β-unsaturated/α-hetero) is 1. The van der Waals surface area contributed by atoms with Gasteiger partial charge >= 0.3 is 0 Å². The van der Waals surface area contributed by atoms with Gasteiger partial charge in [-0.05, 0) is 44.3 Å². The Morgan fingerprint density at radius 1 is 0.950 bits per heavy atom. The molecule has 1 aliphatic carbocycles. The van der Waals surface area contributed by atoms with Crippen LogP contribution in [-0.2, 0) is 4.79 Å². The van der Waals surface area contributed by atoms with Crippen LogP contribution in [0.1, 0.15) is 56.6 Å². The van der Waals surface area contributed by atoms with E-state index in [1.54, 1.807) is 0 Å². The van der Waals surface area contributed by atoms with Crippen molar-refractivity contribution in [3.63, 3.8) is 0 Å². The van der Waals surface area contributed by atoms with Crippen LogP contribution in [0.5, 0.6) is 0 Å². The minimum Gasteiger partial charge on any atom is -0.299 e. The molecule has 1 aromatic rings. The van der Waals surface area contributed by atoms with Gasteiger partial charge in [0.05, 0.1) is 0 Å². The second kappa shape index (κ2) is 6.53. The number of rotatable bonds is 3. The maximum Gasteiger partial charge on any atom is 0.137 e. The Morgan fingerprint density at radius 2 is 1.70 bits per heavy atom. The number of carbonyl (C=O) groups excluding carboxylic acids is 1. The molecule has 1 saturated heterocycles. The lowest BCUT2D eigenvalue weighted by molar-refractivity contribution is -0.127. The molecule has 0 bridgehead atoms. The lowest BCUT2D eigenvalue weighted by Crippen LogP contribution is -2.41. The predicted molar refractivity (Wildman–Crippen MR) is 81.6 cm³/mol. The highest BCUT2D eigenvalue weighted by atomic mass is 16.1. The number of carbonyl (C=O) groups is 1. The van der Waals surface area contributed by atoms with E-state index in [4.69, 9.17) is 0 Å². The van der Waals surface area contributed by atoms with E-state index in [1.165, 1.54) is 31.2 Å². The van der Waals surface area contributed by atoms with Crippen molar-refractivity contribution in [2.45, 2.75) is 51.0 Å². The van der Waals surface area contributed by atoms with E-state index in [2.05, 4.69) is 35.2 Å². The molecule has 0 radical (unpaired) electrons. The highest BCUT2D eigenvalue weighted by molar-refractivity contribution is 5.82. The third kappa shape index (κ3) is 2.95. The number of hydrogen-bond donors (Lipinski definition) is 0. The Morgan fingerprint density at radius 3 is 2.40 bits per heavy atom. The molecule has 2 heteroatoms. The van der Waals surface area contributed by atoms with Gasteiger partial charge in [0, 0.05) is 18.4 Å². The Labute approximate surface area is 122 Å². The number of hydrogen-bond acceptors (Lipinski definition) is 2. The summed E-state index contributed by atoms with van der Waals surface area (Å²) in [5, 5.41) is 0. The molecule has 2 aliphatic rings. The second-order valence-corrected chi connectivity index (χ2v) is 6.27. The van der Waals surface area contributed by atoms with Crippen molar-refractivity contribution >= 4 is 5.78 Å². The quantitative estimate of drug-likeness (QED) is 0.829. The van der Waals surface area contributed by atoms with Gasteiger partial charge in [-0.15, -0.1) is 0 Å². The topological polar surface area (TPSA) is 20.3 Å². The Balaban J connectivity index is 1.88. The average molecular weight is 271 g/mol. The van der Waals surface area contributed by atoms with Crippen molar-refractivity contribution < 1.29 is 4.79 Å². The van der Waals surface area contributed by atoms with Gasteiger partial charge in [-0.3, -0.25) is 9.69 Å². The molecule has 0 N–H and O–H groups in total. The van der Waals surface area contributed by atoms with E-state index in [9.17, 15) is 4.79 Å². The second-order valence-electron chi connectivity index (χ2n) is 6.27. The van der Waals surface area contributed by atoms with Crippen molar-refractivity contribution in [2.75, 3.05) is 13.1 Å². The van der Waals surface area contributed by atoms with Gasteiger partial charge in [0.15, 0.2) is 0 Å². The van der Waals surface area contributed by atoms with Crippen molar-refractivity contribution in [3.8, 4) is 0 Å². The van der Waals surface area contributed by atoms with Crippen molar-refractivity contribution in [2.24, 2.45) is 5.92 Å². The van der Waals surface area contributed by atoms with E-state index in [0.717, 1.165) is 32.4 Å². The van der Waals surface area contributed by atoms with Crippen LogP contribution in [0.3, 0.4) is 0 Å². The predicted octanol–water partition coefficient (Wildman–Crippen LogP) is 3.97. The maximum atomic E-state index is 12.4. The highest BCUT2D eigenvalue weighted by Crippen LogP contribution is 2.37. The zero-order chi connectivity index (χ0) is 13.8. The first-order chi connectivity index (χ1) is 9.86. The smallest absolute Gasteiger partial charge is 0.137 e. The lowest BCUT2D eigenvalue weighted by Gasteiger charge is -2.40. The molecule has 1 aliphatic heterocycles. The van der Waals surface area contributed by atoms with Crippen LogP contribution in [0.25, 0.3) is 0 Å². The van der Waals surface area contributed by atoms with Gasteiger partial charge in [0.2, 0.25) is 0 Å². The van der Waals surface area contributed by atoms with Gasteiger partial charge < -0.3 is 0 Å². The minimum atomic E-state index is 0.226. The number of ketones is 1. The molecule has 20 heavy (non-hydrogen) atoms.